The van der Waals surface area contributed by atoms with E-state index >= 15 is 0 Å². The van der Waals surface area contributed by atoms with Crippen molar-refractivity contribution >= 4 is 21.9 Å². The van der Waals surface area contributed by atoms with Gasteiger partial charge in [0.15, 0.2) is 0 Å². The maximum atomic E-state index is 11.0. The second kappa shape index (κ2) is 5.66. The molecular weight excluding hydrogens is 224 g/mol. The molecule has 0 aromatic heterocycles. The molecule has 15 heavy (non-hydrogen) atoms. The van der Waals surface area contributed by atoms with Gasteiger partial charge in [0.25, 0.3) is 0 Å². The molecule has 0 aromatic rings. The standard InChI is InChI=1S/C7H14N2O5S/c1-5(7(11)12)6(10)8-3-4-9-15(2,13)14/h5,9H,3-4H2,1-2H3,(H,8,10)(H,11,12). The number of carboxylic acids is 1. The van der Waals surface area contributed by atoms with Gasteiger partial charge in [0, 0.05) is 13.1 Å². The zero-order valence-electron chi connectivity index (χ0n) is 8.48. The van der Waals surface area contributed by atoms with Gasteiger partial charge in [-0.25, -0.2) is 13.1 Å². The Hall–Kier alpha value is -1.15. The fraction of sp³-hybridized carbons (Fsp3) is 0.714. The molecule has 0 aliphatic carbocycles. The Balaban J connectivity index is 3.79. The molecule has 0 radical (unpaired) electrons. The molecule has 88 valence electrons. The molecule has 0 heterocycles. The van der Waals surface area contributed by atoms with E-state index in [-0.39, 0.29) is 13.1 Å². The van der Waals surface area contributed by atoms with Gasteiger partial charge in [-0.2, -0.15) is 0 Å². The average Bonchev–Trinajstić information content (AvgIpc) is 2.09. The lowest BCUT2D eigenvalue weighted by Crippen LogP contribution is -2.38. The minimum absolute atomic E-state index is 0.0386. The van der Waals surface area contributed by atoms with Crippen LogP contribution in [0.2, 0.25) is 0 Å². The van der Waals surface area contributed by atoms with E-state index in [1.807, 2.05) is 0 Å². The number of amides is 1. The number of sulfonamides is 1. The molecule has 0 saturated heterocycles. The summed E-state index contributed by atoms with van der Waals surface area (Å²) in [6, 6.07) is 0. The lowest BCUT2D eigenvalue weighted by molar-refractivity contribution is -0.146. The Morgan fingerprint density at radius 3 is 2.27 bits per heavy atom. The van der Waals surface area contributed by atoms with E-state index in [0.717, 1.165) is 6.26 Å². The van der Waals surface area contributed by atoms with Crippen LogP contribution in [0.5, 0.6) is 0 Å². The first-order chi connectivity index (χ1) is 6.74. The van der Waals surface area contributed by atoms with E-state index in [1.54, 1.807) is 0 Å². The van der Waals surface area contributed by atoms with Crippen molar-refractivity contribution in [3.8, 4) is 0 Å². The lowest BCUT2D eigenvalue weighted by Gasteiger charge is -2.08. The molecule has 3 N–H and O–H groups in total. The van der Waals surface area contributed by atoms with Gasteiger partial charge in [-0.05, 0) is 6.92 Å². The SMILES string of the molecule is CC(C(=O)O)C(=O)NCCNS(C)(=O)=O. The molecule has 1 unspecified atom stereocenters. The van der Waals surface area contributed by atoms with Crippen LogP contribution in [-0.4, -0.2) is 44.7 Å². The Kier molecular flexibility index (Phi) is 5.23. The normalized spacial score (nSPS) is 13.2. The van der Waals surface area contributed by atoms with Crippen LogP contribution >= 0.6 is 0 Å². The Morgan fingerprint density at radius 1 is 1.33 bits per heavy atom. The average molecular weight is 238 g/mol. The van der Waals surface area contributed by atoms with E-state index in [0.29, 0.717) is 0 Å². The molecule has 1 amide bonds. The van der Waals surface area contributed by atoms with E-state index in [2.05, 4.69) is 10.0 Å². The summed E-state index contributed by atoms with van der Waals surface area (Å²) in [6.45, 7) is 1.35. The van der Waals surface area contributed by atoms with Gasteiger partial charge in [-0.15, -0.1) is 0 Å². The van der Waals surface area contributed by atoms with Crippen molar-refractivity contribution < 1.29 is 23.1 Å². The van der Waals surface area contributed by atoms with Crippen LogP contribution in [0.15, 0.2) is 0 Å². The zero-order chi connectivity index (χ0) is 12.1. The second-order valence-electron chi connectivity index (χ2n) is 3.02. The number of rotatable bonds is 6. The summed E-state index contributed by atoms with van der Waals surface area (Å²) in [5, 5.41) is 10.8. The van der Waals surface area contributed by atoms with Crippen molar-refractivity contribution in [3.63, 3.8) is 0 Å². The van der Waals surface area contributed by atoms with E-state index < -0.39 is 27.8 Å². The predicted molar refractivity (Wildman–Crippen MR) is 52.7 cm³/mol. The van der Waals surface area contributed by atoms with Crippen LogP contribution in [0.1, 0.15) is 6.92 Å². The third-order valence-electron chi connectivity index (χ3n) is 1.55. The molecule has 0 aliphatic heterocycles. The lowest BCUT2D eigenvalue weighted by atomic mass is 10.2. The molecule has 0 spiro atoms. The minimum atomic E-state index is -3.28. The molecule has 0 aliphatic rings. The van der Waals surface area contributed by atoms with Crippen molar-refractivity contribution in [1.29, 1.82) is 0 Å². The Morgan fingerprint density at radius 2 is 1.87 bits per heavy atom. The fourth-order valence-corrected chi connectivity index (χ4v) is 1.16. The molecule has 1 atom stereocenters. The van der Waals surface area contributed by atoms with Crippen molar-refractivity contribution in [1.82, 2.24) is 10.0 Å². The highest BCUT2D eigenvalue weighted by Crippen LogP contribution is 1.93. The van der Waals surface area contributed by atoms with Gasteiger partial charge in [0.05, 0.1) is 6.26 Å². The number of carbonyl (C=O) groups is 2. The summed E-state index contributed by atoms with van der Waals surface area (Å²) in [6.07, 6.45) is 0.995. The quantitative estimate of drug-likeness (QED) is 0.380. The van der Waals surface area contributed by atoms with Crippen molar-refractivity contribution in [2.24, 2.45) is 5.92 Å². The van der Waals surface area contributed by atoms with Crippen LogP contribution in [0, 0.1) is 5.92 Å². The summed E-state index contributed by atoms with van der Waals surface area (Å²) in [7, 11) is -3.28. The minimum Gasteiger partial charge on any atom is -0.481 e. The van der Waals surface area contributed by atoms with E-state index in [9.17, 15) is 18.0 Å². The summed E-state index contributed by atoms with van der Waals surface area (Å²) in [5.74, 6) is -3.00. The van der Waals surface area contributed by atoms with Crippen LogP contribution in [0.4, 0.5) is 0 Å². The third kappa shape index (κ3) is 6.86. The number of hydrogen-bond donors (Lipinski definition) is 3. The van der Waals surface area contributed by atoms with Crippen LogP contribution in [-0.2, 0) is 19.6 Å². The van der Waals surface area contributed by atoms with E-state index in [4.69, 9.17) is 5.11 Å². The van der Waals surface area contributed by atoms with Crippen LogP contribution in [0.25, 0.3) is 0 Å². The summed E-state index contributed by atoms with van der Waals surface area (Å²) in [5.41, 5.74) is 0. The summed E-state index contributed by atoms with van der Waals surface area (Å²) >= 11 is 0. The maximum absolute atomic E-state index is 11.0. The zero-order valence-corrected chi connectivity index (χ0v) is 9.30. The predicted octanol–water partition coefficient (Wildman–Crippen LogP) is -1.63. The highest BCUT2D eigenvalue weighted by molar-refractivity contribution is 7.88. The molecule has 0 rings (SSSR count). The number of carbonyl (C=O) groups excluding carboxylic acids is 1. The molecule has 8 heteroatoms. The third-order valence-corrected chi connectivity index (χ3v) is 2.28. The monoisotopic (exact) mass is 238 g/mol. The first kappa shape index (κ1) is 13.8. The molecule has 0 bridgehead atoms. The molecular formula is C7H14N2O5S. The molecule has 0 aromatic carbocycles. The first-order valence-electron chi connectivity index (χ1n) is 4.19. The topological polar surface area (TPSA) is 113 Å². The number of aliphatic carboxylic acids is 1. The highest BCUT2D eigenvalue weighted by atomic mass is 32.2. The maximum Gasteiger partial charge on any atom is 0.315 e. The van der Waals surface area contributed by atoms with Crippen molar-refractivity contribution in [2.75, 3.05) is 19.3 Å². The van der Waals surface area contributed by atoms with Crippen molar-refractivity contribution in [3.05, 3.63) is 0 Å². The Labute approximate surface area is 87.9 Å². The van der Waals surface area contributed by atoms with Gasteiger partial charge in [0.2, 0.25) is 15.9 Å². The number of hydrogen-bond acceptors (Lipinski definition) is 4. The number of carboxylic acid groups (broad SMARTS) is 1. The van der Waals surface area contributed by atoms with E-state index in [1.165, 1.54) is 6.92 Å². The van der Waals surface area contributed by atoms with Crippen LogP contribution < -0.4 is 10.0 Å². The smallest absolute Gasteiger partial charge is 0.315 e. The summed E-state index contributed by atoms with van der Waals surface area (Å²) < 4.78 is 23.4. The highest BCUT2D eigenvalue weighted by Gasteiger charge is 2.19. The van der Waals surface area contributed by atoms with Gasteiger partial charge in [-0.3, -0.25) is 9.59 Å². The second-order valence-corrected chi connectivity index (χ2v) is 4.85. The Bertz CT molecular complexity index is 337. The van der Waals surface area contributed by atoms with Gasteiger partial charge >= 0.3 is 5.97 Å². The van der Waals surface area contributed by atoms with Gasteiger partial charge in [-0.1, -0.05) is 0 Å². The fourth-order valence-electron chi connectivity index (χ4n) is 0.687. The molecule has 0 fully saturated rings. The van der Waals surface area contributed by atoms with Crippen LogP contribution in [0.3, 0.4) is 0 Å². The summed E-state index contributed by atoms with van der Waals surface area (Å²) in [4.78, 5) is 21.4. The van der Waals surface area contributed by atoms with Crippen molar-refractivity contribution in [2.45, 2.75) is 6.92 Å². The van der Waals surface area contributed by atoms with Gasteiger partial charge in [0.1, 0.15) is 5.92 Å². The molecule has 0 saturated carbocycles. The first-order valence-corrected chi connectivity index (χ1v) is 6.08. The number of nitrogens with one attached hydrogen (secondary N) is 2. The van der Waals surface area contributed by atoms with Gasteiger partial charge < -0.3 is 10.4 Å². The largest absolute Gasteiger partial charge is 0.481 e. The molecule has 7 nitrogen and oxygen atoms in total.